The maximum atomic E-state index is 12.2. The molecule has 0 fully saturated rings. The van der Waals surface area contributed by atoms with Gasteiger partial charge in [-0.15, -0.1) is 11.3 Å². The van der Waals surface area contributed by atoms with Gasteiger partial charge < -0.3 is 5.73 Å². The largest absolute Gasteiger partial charge is 0.399 e. The molecule has 0 amide bonds. The maximum absolute atomic E-state index is 12.2. The number of carbonyl (C=O) groups is 1. The molecule has 2 N–H and O–H groups in total. The molecule has 0 aliphatic carbocycles. The van der Waals surface area contributed by atoms with Crippen LogP contribution in [0.2, 0.25) is 5.02 Å². The fraction of sp³-hybridized carbons (Fsp3) is 0.154. The van der Waals surface area contributed by atoms with Crippen LogP contribution < -0.4 is 5.73 Å². The molecule has 1 aromatic heterocycles. The number of nitrogen functional groups attached to an aromatic ring is 1. The zero-order chi connectivity index (χ0) is 12.6. The molecule has 0 atom stereocenters. The Morgan fingerprint density at radius 1 is 1.29 bits per heavy atom. The molecule has 1 aromatic carbocycles. The molecule has 0 saturated heterocycles. The monoisotopic (exact) mass is 265 g/mol. The minimum atomic E-state index is -0.0452. The fourth-order valence-electron chi connectivity index (χ4n) is 1.53. The summed E-state index contributed by atoms with van der Waals surface area (Å²) in [4.78, 5) is 12.8. The minimum absolute atomic E-state index is 0.0452. The smallest absolute Gasteiger partial charge is 0.204 e. The molecule has 4 heteroatoms. The van der Waals surface area contributed by atoms with Crippen molar-refractivity contribution in [1.29, 1.82) is 0 Å². The number of thiophene rings is 1. The first-order valence-electron chi connectivity index (χ1n) is 5.15. The van der Waals surface area contributed by atoms with Gasteiger partial charge in [0.05, 0.1) is 9.90 Å². The van der Waals surface area contributed by atoms with Crippen LogP contribution in [-0.2, 0) is 0 Å². The quantitative estimate of drug-likeness (QED) is 0.662. The summed E-state index contributed by atoms with van der Waals surface area (Å²) in [5.74, 6) is -0.0452. The van der Waals surface area contributed by atoms with Gasteiger partial charge in [0.2, 0.25) is 5.78 Å². The molecule has 2 rings (SSSR count). The summed E-state index contributed by atoms with van der Waals surface area (Å²) in [6, 6.07) is 5.27. The molecule has 17 heavy (non-hydrogen) atoms. The number of halogens is 1. The van der Waals surface area contributed by atoms with Crippen LogP contribution in [0.25, 0.3) is 0 Å². The summed E-state index contributed by atoms with van der Waals surface area (Å²) in [6.45, 7) is 3.78. The maximum Gasteiger partial charge on any atom is 0.204 e. The molecule has 0 unspecified atom stereocenters. The van der Waals surface area contributed by atoms with Crippen LogP contribution in [0.5, 0.6) is 0 Å². The zero-order valence-corrected chi connectivity index (χ0v) is 11.2. The third kappa shape index (κ3) is 2.21. The van der Waals surface area contributed by atoms with Crippen molar-refractivity contribution < 1.29 is 4.79 Å². The number of benzene rings is 1. The lowest BCUT2D eigenvalue weighted by Gasteiger charge is -2.03. The van der Waals surface area contributed by atoms with Crippen LogP contribution in [0.15, 0.2) is 23.6 Å². The third-order valence-corrected chi connectivity index (χ3v) is 4.33. The van der Waals surface area contributed by atoms with E-state index in [2.05, 4.69) is 0 Å². The Labute approximate surface area is 109 Å². The molecule has 0 spiro atoms. The number of anilines is 1. The summed E-state index contributed by atoms with van der Waals surface area (Å²) in [5, 5.41) is 2.44. The van der Waals surface area contributed by atoms with Crippen LogP contribution >= 0.6 is 22.9 Å². The lowest BCUT2D eigenvalue weighted by Crippen LogP contribution is -2.01. The Morgan fingerprint density at radius 2 is 2.00 bits per heavy atom. The Morgan fingerprint density at radius 3 is 2.53 bits per heavy atom. The second kappa shape index (κ2) is 4.51. The van der Waals surface area contributed by atoms with E-state index >= 15 is 0 Å². The number of ketones is 1. The standard InChI is InChI=1S/C13H12ClNOS/c1-7-5-9(3-4-10(7)15)12(16)13-11(14)8(2)6-17-13/h3-6H,15H2,1-2H3. The molecule has 0 aliphatic heterocycles. The number of rotatable bonds is 2. The van der Waals surface area contributed by atoms with Crippen molar-refractivity contribution in [1.82, 2.24) is 0 Å². The second-order valence-electron chi connectivity index (χ2n) is 3.96. The van der Waals surface area contributed by atoms with E-state index in [0.717, 1.165) is 11.1 Å². The first-order valence-corrected chi connectivity index (χ1v) is 6.41. The SMILES string of the molecule is Cc1cc(C(=O)c2scc(C)c2Cl)ccc1N. The molecule has 1 heterocycles. The average molecular weight is 266 g/mol. The number of carbonyl (C=O) groups excluding carboxylic acids is 1. The molecular weight excluding hydrogens is 254 g/mol. The molecular formula is C13H12ClNOS. The number of aryl methyl sites for hydroxylation is 2. The fourth-order valence-corrected chi connectivity index (χ4v) is 2.77. The van der Waals surface area contributed by atoms with Gasteiger partial charge in [0.25, 0.3) is 0 Å². The van der Waals surface area contributed by atoms with Gasteiger partial charge in [-0.1, -0.05) is 11.6 Å². The van der Waals surface area contributed by atoms with E-state index in [9.17, 15) is 4.79 Å². The van der Waals surface area contributed by atoms with Crippen molar-refractivity contribution >= 4 is 34.4 Å². The van der Waals surface area contributed by atoms with E-state index in [1.165, 1.54) is 11.3 Å². The molecule has 0 aliphatic rings. The van der Waals surface area contributed by atoms with Gasteiger partial charge in [0.15, 0.2) is 0 Å². The van der Waals surface area contributed by atoms with Gasteiger partial charge in [-0.2, -0.15) is 0 Å². The van der Waals surface area contributed by atoms with Gasteiger partial charge in [-0.3, -0.25) is 4.79 Å². The second-order valence-corrected chi connectivity index (χ2v) is 5.22. The zero-order valence-electron chi connectivity index (χ0n) is 9.58. The van der Waals surface area contributed by atoms with Gasteiger partial charge in [-0.25, -0.2) is 0 Å². The lowest BCUT2D eigenvalue weighted by atomic mass is 10.1. The predicted molar refractivity (Wildman–Crippen MR) is 73.1 cm³/mol. The van der Waals surface area contributed by atoms with Crippen molar-refractivity contribution in [2.24, 2.45) is 0 Å². The highest BCUT2D eigenvalue weighted by atomic mass is 35.5. The van der Waals surface area contributed by atoms with Crippen molar-refractivity contribution in [3.05, 3.63) is 50.2 Å². The van der Waals surface area contributed by atoms with Gasteiger partial charge in [0.1, 0.15) is 0 Å². The van der Waals surface area contributed by atoms with Crippen LogP contribution in [-0.4, -0.2) is 5.78 Å². The van der Waals surface area contributed by atoms with Crippen LogP contribution in [0.1, 0.15) is 26.4 Å². The number of nitrogens with two attached hydrogens (primary N) is 1. The molecule has 88 valence electrons. The third-order valence-electron chi connectivity index (χ3n) is 2.64. The Balaban J connectivity index is 2.44. The van der Waals surface area contributed by atoms with E-state index in [-0.39, 0.29) is 5.78 Å². The van der Waals surface area contributed by atoms with E-state index in [4.69, 9.17) is 17.3 Å². The summed E-state index contributed by atoms with van der Waals surface area (Å²) in [5.41, 5.74) is 8.88. The lowest BCUT2D eigenvalue weighted by molar-refractivity contribution is 0.104. The van der Waals surface area contributed by atoms with Crippen LogP contribution in [0.4, 0.5) is 5.69 Å². The summed E-state index contributed by atoms with van der Waals surface area (Å²) in [6.07, 6.45) is 0. The highest BCUT2D eigenvalue weighted by molar-refractivity contribution is 7.13. The van der Waals surface area contributed by atoms with Crippen LogP contribution in [0, 0.1) is 13.8 Å². The minimum Gasteiger partial charge on any atom is -0.399 e. The van der Waals surface area contributed by atoms with Crippen molar-refractivity contribution in [3.8, 4) is 0 Å². The van der Waals surface area contributed by atoms with Crippen molar-refractivity contribution in [2.45, 2.75) is 13.8 Å². The van der Waals surface area contributed by atoms with Gasteiger partial charge in [-0.05, 0) is 48.6 Å². The molecule has 0 radical (unpaired) electrons. The molecule has 0 bridgehead atoms. The summed E-state index contributed by atoms with van der Waals surface area (Å²) < 4.78 is 0. The van der Waals surface area contributed by atoms with E-state index in [1.807, 2.05) is 19.2 Å². The normalized spacial score (nSPS) is 10.5. The van der Waals surface area contributed by atoms with Crippen molar-refractivity contribution in [3.63, 3.8) is 0 Å². The average Bonchev–Trinajstić information content (AvgIpc) is 2.63. The van der Waals surface area contributed by atoms with E-state index in [1.54, 1.807) is 18.2 Å². The van der Waals surface area contributed by atoms with E-state index in [0.29, 0.717) is 21.2 Å². The Bertz CT molecular complexity index is 589. The van der Waals surface area contributed by atoms with Crippen molar-refractivity contribution in [2.75, 3.05) is 5.73 Å². The topological polar surface area (TPSA) is 43.1 Å². The number of hydrogen-bond acceptors (Lipinski definition) is 3. The van der Waals surface area contributed by atoms with Gasteiger partial charge in [0, 0.05) is 11.3 Å². The van der Waals surface area contributed by atoms with E-state index < -0.39 is 0 Å². The van der Waals surface area contributed by atoms with Crippen LogP contribution in [0.3, 0.4) is 0 Å². The predicted octanol–water partition coefficient (Wildman–Crippen LogP) is 3.83. The number of hydrogen-bond donors (Lipinski definition) is 1. The highest BCUT2D eigenvalue weighted by Crippen LogP contribution is 2.29. The molecule has 2 aromatic rings. The summed E-state index contributed by atoms with van der Waals surface area (Å²) in [7, 11) is 0. The highest BCUT2D eigenvalue weighted by Gasteiger charge is 2.16. The molecule has 2 nitrogen and oxygen atoms in total. The first kappa shape index (κ1) is 12.1. The Kier molecular flexibility index (Phi) is 3.22. The van der Waals surface area contributed by atoms with Gasteiger partial charge >= 0.3 is 0 Å². The Hall–Kier alpha value is -1.32. The molecule has 0 saturated carbocycles. The first-order chi connectivity index (χ1) is 8.00. The summed E-state index contributed by atoms with van der Waals surface area (Å²) >= 11 is 7.47.